The van der Waals surface area contributed by atoms with E-state index in [1.807, 2.05) is 4.72 Å². The lowest BCUT2D eigenvalue weighted by atomic mass is 10.2. The van der Waals surface area contributed by atoms with Crippen molar-refractivity contribution in [3.63, 3.8) is 0 Å². The SMILES string of the molecule is N#Cc1cc(Br)ccc1NS(=O)(=O)NCC(F)(F)F. The Morgan fingerprint density at radius 2 is 2.00 bits per heavy atom. The van der Waals surface area contributed by atoms with Gasteiger partial charge in [0, 0.05) is 4.47 Å². The van der Waals surface area contributed by atoms with E-state index in [0.29, 0.717) is 4.47 Å². The Kier molecular flexibility index (Phi) is 4.78. The van der Waals surface area contributed by atoms with Gasteiger partial charge in [0.2, 0.25) is 0 Å². The lowest BCUT2D eigenvalue weighted by Gasteiger charge is -2.12. The Hall–Kier alpha value is -1.31. The van der Waals surface area contributed by atoms with Crippen molar-refractivity contribution < 1.29 is 21.6 Å². The number of hydrogen-bond acceptors (Lipinski definition) is 3. The molecule has 0 saturated heterocycles. The fourth-order valence-electron chi connectivity index (χ4n) is 1.06. The van der Waals surface area contributed by atoms with Crippen LogP contribution in [0.5, 0.6) is 0 Å². The first kappa shape index (κ1) is 15.7. The van der Waals surface area contributed by atoms with Crippen LogP contribution in [-0.4, -0.2) is 21.1 Å². The summed E-state index contributed by atoms with van der Waals surface area (Å²) in [7, 11) is -4.40. The molecule has 0 aliphatic heterocycles. The Morgan fingerprint density at radius 3 is 2.53 bits per heavy atom. The largest absolute Gasteiger partial charge is 0.402 e. The van der Waals surface area contributed by atoms with Gasteiger partial charge in [0.25, 0.3) is 10.2 Å². The molecule has 0 bridgehead atoms. The van der Waals surface area contributed by atoms with Crippen LogP contribution >= 0.6 is 15.9 Å². The molecule has 0 radical (unpaired) electrons. The highest BCUT2D eigenvalue weighted by Crippen LogP contribution is 2.21. The smallest absolute Gasteiger partial charge is 0.270 e. The van der Waals surface area contributed by atoms with Crippen molar-refractivity contribution in [2.75, 3.05) is 11.3 Å². The molecule has 1 aromatic rings. The molecular formula is C9H7BrF3N3O2S. The van der Waals surface area contributed by atoms with Gasteiger partial charge in [-0.25, -0.2) is 0 Å². The minimum absolute atomic E-state index is 0.0215. The molecule has 0 saturated carbocycles. The minimum Gasteiger partial charge on any atom is -0.270 e. The molecule has 0 unspecified atom stereocenters. The van der Waals surface area contributed by atoms with Crippen LogP contribution in [0.2, 0.25) is 0 Å². The summed E-state index contributed by atoms with van der Waals surface area (Å²) < 4.78 is 62.2. The van der Waals surface area contributed by atoms with E-state index in [9.17, 15) is 21.6 Å². The van der Waals surface area contributed by atoms with Crippen LogP contribution in [0, 0.1) is 11.3 Å². The lowest BCUT2D eigenvalue weighted by Crippen LogP contribution is -2.37. The first-order valence-electron chi connectivity index (χ1n) is 4.67. The summed E-state index contributed by atoms with van der Waals surface area (Å²) in [6.45, 7) is -1.69. The highest BCUT2D eigenvalue weighted by Gasteiger charge is 2.29. The summed E-state index contributed by atoms with van der Waals surface area (Å²) in [6.07, 6.45) is -4.66. The first-order chi connectivity index (χ1) is 8.63. The molecule has 0 atom stereocenters. The van der Waals surface area contributed by atoms with E-state index < -0.39 is 22.9 Å². The lowest BCUT2D eigenvalue weighted by molar-refractivity contribution is -0.121. The van der Waals surface area contributed by atoms with E-state index in [1.54, 1.807) is 6.07 Å². The van der Waals surface area contributed by atoms with Crippen LogP contribution in [0.4, 0.5) is 18.9 Å². The average molecular weight is 358 g/mol. The zero-order chi connectivity index (χ0) is 14.7. The van der Waals surface area contributed by atoms with Gasteiger partial charge >= 0.3 is 6.18 Å². The quantitative estimate of drug-likeness (QED) is 0.865. The zero-order valence-electron chi connectivity index (χ0n) is 9.12. The number of anilines is 1. The minimum atomic E-state index is -4.66. The molecule has 0 fully saturated rings. The summed E-state index contributed by atoms with van der Waals surface area (Å²) in [5.74, 6) is 0. The number of alkyl halides is 3. The molecule has 0 aliphatic carbocycles. The van der Waals surface area contributed by atoms with Gasteiger partial charge in [-0.1, -0.05) is 15.9 Å². The van der Waals surface area contributed by atoms with Crippen LogP contribution in [0.15, 0.2) is 22.7 Å². The van der Waals surface area contributed by atoms with Gasteiger partial charge in [-0.15, -0.1) is 0 Å². The normalized spacial score (nSPS) is 11.9. The molecule has 10 heteroatoms. The maximum atomic E-state index is 11.9. The van der Waals surface area contributed by atoms with Crippen LogP contribution in [0.3, 0.4) is 0 Å². The van der Waals surface area contributed by atoms with E-state index in [0.717, 1.165) is 0 Å². The number of nitrogens with zero attached hydrogens (tertiary/aromatic N) is 1. The van der Waals surface area contributed by atoms with Crippen LogP contribution in [0.25, 0.3) is 0 Å². The van der Waals surface area contributed by atoms with Gasteiger partial charge in [0.15, 0.2) is 0 Å². The molecule has 1 rings (SSSR count). The molecule has 5 nitrogen and oxygen atoms in total. The number of nitriles is 1. The standard InChI is InChI=1S/C9H7BrF3N3O2S/c10-7-1-2-8(6(3-7)4-14)16-19(17,18)15-5-9(11,12)13/h1-3,15-16H,5H2. The molecule has 0 amide bonds. The maximum Gasteiger partial charge on any atom is 0.402 e. The molecule has 1 aromatic carbocycles. The Labute approximate surface area is 115 Å². The fourth-order valence-corrected chi connectivity index (χ4v) is 2.31. The van der Waals surface area contributed by atoms with E-state index in [1.165, 1.54) is 22.9 Å². The molecule has 2 N–H and O–H groups in total. The summed E-state index contributed by atoms with van der Waals surface area (Å²) >= 11 is 3.08. The molecule has 0 aromatic heterocycles. The second kappa shape index (κ2) is 5.77. The summed E-state index contributed by atoms with van der Waals surface area (Å²) in [5.41, 5.74) is -0.132. The van der Waals surface area contributed by atoms with Crippen molar-refractivity contribution in [1.29, 1.82) is 5.26 Å². The topological polar surface area (TPSA) is 82.0 Å². The van der Waals surface area contributed by atoms with Crippen molar-refractivity contribution in [2.45, 2.75) is 6.18 Å². The van der Waals surface area contributed by atoms with Crippen LogP contribution in [0.1, 0.15) is 5.56 Å². The third-order valence-corrected chi connectivity index (χ3v) is 3.32. The Morgan fingerprint density at radius 1 is 1.37 bits per heavy atom. The third-order valence-electron chi connectivity index (χ3n) is 1.81. The van der Waals surface area contributed by atoms with Crippen LogP contribution in [-0.2, 0) is 10.2 Å². The molecule has 0 aliphatic rings. The zero-order valence-corrected chi connectivity index (χ0v) is 11.5. The first-order valence-corrected chi connectivity index (χ1v) is 6.94. The number of hydrogen-bond donors (Lipinski definition) is 2. The highest BCUT2D eigenvalue weighted by molar-refractivity contribution is 9.10. The Balaban J connectivity index is 2.88. The van der Waals surface area contributed by atoms with Crippen molar-refractivity contribution in [3.8, 4) is 6.07 Å². The van der Waals surface area contributed by atoms with Gasteiger partial charge < -0.3 is 0 Å². The van der Waals surface area contributed by atoms with Crippen molar-refractivity contribution >= 4 is 31.8 Å². The Bertz CT molecular complexity index is 610. The summed E-state index contributed by atoms with van der Waals surface area (Å²) in [5, 5.41) is 8.79. The molecule has 19 heavy (non-hydrogen) atoms. The molecule has 0 heterocycles. The van der Waals surface area contributed by atoms with Gasteiger partial charge in [0.1, 0.15) is 12.6 Å². The maximum absolute atomic E-state index is 11.9. The van der Waals surface area contributed by atoms with E-state index >= 15 is 0 Å². The van der Waals surface area contributed by atoms with Crippen molar-refractivity contribution in [1.82, 2.24) is 4.72 Å². The van der Waals surface area contributed by atoms with E-state index in [4.69, 9.17) is 5.26 Å². The average Bonchev–Trinajstić information content (AvgIpc) is 2.28. The van der Waals surface area contributed by atoms with Crippen molar-refractivity contribution in [3.05, 3.63) is 28.2 Å². The van der Waals surface area contributed by atoms with Crippen LogP contribution < -0.4 is 9.44 Å². The monoisotopic (exact) mass is 357 g/mol. The van der Waals surface area contributed by atoms with E-state index in [2.05, 4.69) is 15.9 Å². The third kappa shape index (κ3) is 5.46. The predicted octanol–water partition coefficient (Wildman–Crippen LogP) is 2.13. The second-order valence-corrected chi connectivity index (χ2v) is 5.76. The van der Waals surface area contributed by atoms with Gasteiger partial charge in [-0.3, -0.25) is 4.72 Å². The summed E-state index contributed by atoms with van der Waals surface area (Å²) in [4.78, 5) is 0. The number of benzene rings is 1. The van der Waals surface area contributed by atoms with Gasteiger partial charge in [0.05, 0.1) is 11.3 Å². The highest BCUT2D eigenvalue weighted by atomic mass is 79.9. The predicted molar refractivity (Wildman–Crippen MR) is 65.5 cm³/mol. The molecule has 104 valence electrons. The second-order valence-electron chi connectivity index (χ2n) is 3.34. The van der Waals surface area contributed by atoms with Crippen molar-refractivity contribution in [2.24, 2.45) is 0 Å². The van der Waals surface area contributed by atoms with Gasteiger partial charge in [-0.05, 0) is 18.2 Å². The molecule has 0 spiro atoms. The fraction of sp³-hybridized carbons (Fsp3) is 0.222. The van der Waals surface area contributed by atoms with E-state index in [-0.39, 0.29) is 11.3 Å². The number of halogens is 4. The number of nitrogens with one attached hydrogen (secondary N) is 2. The van der Waals surface area contributed by atoms with Gasteiger partial charge in [-0.2, -0.15) is 31.6 Å². The number of rotatable bonds is 4. The summed E-state index contributed by atoms with van der Waals surface area (Å²) in [6, 6.07) is 5.77. The molecular weight excluding hydrogens is 351 g/mol.